The minimum absolute atomic E-state index is 0.117. The summed E-state index contributed by atoms with van der Waals surface area (Å²) >= 11 is 11.6. The van der Waals surface area contributed by atoms with Crippen molar-refractivity contribution in [3.63, 3.8) is 0 Å². The largest absolute Gasteiger partial charge is 0.453 e. The molecule has 0 atom stereocenters. The van der Waals surface area contributed by atoms with Crippen LogP contribution in [0.25, 0.3) is 0 Å². The molecule has 2 aromatic carbocycles. The first-order chi connectivity index (χ1) is 11.3. The Kier molecular flexibility index (Phi) is 7.16. The predicted octanol–water partition coefficient (Wildman–Crippen LogP) is 3.84. The number of nitrogens with two attached hydrogens (primary N) is 1. The molecule has 126 valence electrons. The Bertz CT molecular complexity index is 766. The van der Waals surface area contributed by atoms with Gasteiger partial charge < -0.3 is 10.5 Å². The molecule has 2 rings (SSSR count). The van der Waals surface area contributed by atoms with Crippen molar-refractivity contribution in [1.29, 1.82) is 0 Å². The normalized spacial score (nSPS) is 9.46. The number of benzene rings is 2. The van der Waals surface area contributed by atoms with Gasteiger partial charge in [0.05, 0.1) is 12.0 Å². The number of halogens is 2. The van der Waals surface area contributed by atoms with Crippen LogP contribution in [0, 0.1) is 10.1 Å². The van der Waals surface area contributed by atoms with Crippen molar-refractivity contribution in [2.24, 2.45) is 5.73 Å². The molecule has 2 aromatic rings. The second-order valence-corrected chi connectivity index (χ2v) is 5.10. The van der Waals surface area contributed by atoms with Crippen LogP contribution >= 0.6 is 23.2 Å². The van der Waals surface area contributed by atoms with Crippen LogP contribution in [0.1, 0.15) is 15.9 Å². The van der Waals surface area contributed by atoms with Crippen molar-refractivity contribution in [1.82, 2.24) is 0 Å². The molecule has 0 fully saturated rings. The van der Waals surface area contributed by atoms with E-state index in [1.54, 1.807) is 30.3 Å². The molecular formula is C15H12Cl2N2O5. The molecule has 7 nitrogen and oxygen atoms in total. The van der Waals surface area contributed by atoms with Gasteiger partial charge in [-0.3, -0.25) is 14.9 Å². The molecule has 9 heteroatoms. The third kappa shape index (κ3) is 5.22. The highest BCUT2D eigenvalue weighted by molar-refractivity contribution is 6.37. The Morgan fingerprint density at radius 3 is 2.17 bits per heavy atom. The van der Waals surface area contributed by atoms with Gasteiger partial charge in [0, 0.05) is 10.6 Å². The Morgan fingerprint density at radius 2 is 1.71 bits per heavy atom. The molecule has 0 spiro atoms. The molecule has 24 heavy (non-hydrogen) atoms. The van der Waals surface area contributed by atoms with Crippen LogP contribution in [0.5, 0.6) is 0 Å². The van der Waals surface area contributed by atoms with Gasteiger partial charge in [0.1, 0.15) is 10.6 Å². The van der Waals surface area contributed by atoms with E-state index in [2.05, 4.69) is 10.5 Å². The van der Waals surface area contributed by atoms with E-state index in [9.17, 15) is 19.7 Å². The van der Waals surface area contributed by atoms with Crippen molar-refractivity contribution in [3.05, 3.63) is 73.8 Å². The fourth-order valence-electron chi connectivity index (χ4n) is 1.67. The summed E-state index contributed by atoms with van der Waals surface area (Å²) in [6, 6.07) is 10.7. The van der Waals surface area contributed by atoms with Crippen molar-refractivity contribution in [2.75, 3.05) is 7.11 Å². The molecule has 2 N–H and O–H groups in total. The maximum absolute atomic E-state index is 12.3. The van der Waals surface area contributed by atoms with Gasteiger partial charge >= 0.3 is 6.09 Å². The molecule has 0 aliphatic rings. The van der Waals surface area contributed by atoms with E-state index in [1.807, 2.05) is 0 Å². The summed E-state index contributed by atoms with van der Waals surface area (Å²) in [4.78, 5) is 32.0. The van der Waals surface area contributed by atoms with Crippen molar-refractivity contribution in [3.8, 4) is 0 Å². The van der Waals surface area contributed by atoms with Gasteiger partial charge in [-0.25, -0.2) is 4.79 Å². The van der Waals surface area contributed by atoms with E-state index < -0.39 is 22.5 Å². The van der Waals surface area contributed by atoms with Gasteiger partial charge in [-0.15, -0.1) is 0 Å². The van der Waals surface area contributed by atoms with Crippen LogP contribution in [0.4, 0.5) is 10.5 Å². The Labute approximate surface area is 147 Å². The lowest BCUT2D eigenvalue weighted by atomic mass is 10.0. The lowest BCUT2D eigenvalue weighted by Crippen LogP contribution is -2.08. The number of nitro benzene ring substituents is 1. The smallest absolute Gasteiger partial charge is 0.404 e. The number of primary amides is 1. The quantitative estimate of drug-likeness (QED) is 0.500. The van der Waals surface area contributed by atoms with Gasteiger partial charge in [-0.05, 0) is 12.1 Å². The SMILES string of the molecule is COC(N)=O.O=C(c1ccccc1)c1cc(Cl)cc(Cl)c1[N+](=O)[O-]. The molecule has 0 heterocycles. The monoisotopic (exact) mass is 370 g/mol. The van der Waals surface area contributed by atoms with Crippen LogP contribution in [-0.4, -0.2) is 23.9 Å². The number of amides is 1. The Balaban J connectivity index is 0.000000505. The average Bonchev–Trinajstić information content (AvgIpc) is 2.54. The third-order valence-electron chi connectivity index (χ3n) is 2.69. The minimum Gasteiger partial charge on any atom is -0.453 e. The van der Waals surface area contributed by atoms with E-state index in [0.717, 1.165) is 0 Å². The number of hydrogen-bond donors (Lipinski definition) is 1. The van der Waals surface area contributed by atoms with Gasteiger partial charge in [0.2, 0.25) is 0 Å². The summed E-state index contributed by atoms with van der Waals surface area (Å²) < 4.78 is 3.89. The Hall–Kier alpha value is -2.64. The van der Waals surface area contributed by atoms with Gasteiger partial charge in [0.25, 0.3) is 5.69 Å². The predicted molar refractivity (Wildman–Crippen MR) is 89.6 cm³/mol. The summed E-state index contributed by atoms with van der Waals surface area (Å²) in [6.45, 7) is 0. The molecule has 0 saturated heterocycles. The zero-order valence-corrected chi connectivity index (χ0v) is 13.9. The summed E-state index contributed by atoms with van der Waals surface area (Å²) in [6.07, 6.45) is -0.745. The topological polar surface area (TPSA) is 113 Å². The highest BCUT2D eigenvalue weighted by Gasteiger charge is 2.25. The zero-order chi connectivity index (χ0) is 18.3. The molecule has 0 aromatic heterocycles. The fraction of sp³-hybridized carbons (Fsp3) is 0.0667. The number of nitro groups is 1. The second kappa shape index (κ2) is 8.85. The van der Waals surface area contributed by atoms with Crippen LogP contribution in [0.3, 0.4) is 0 Å². The molecule has 0 aliphatic carbocycles. The first-order valence-electron chi connectivity index (χ1n) is 6.34. The van der Waals surface area contributed by atoms with E-state index >= 15 is 0 Å². The number of ether oxygens (including phenoxy) is 1. The first kappa shape index (κ1) is 19.4. The summed E-state index contributed by atoms with van der Waals surface area (Å²) in [7, 11) is 1.22. The number of nitrogens with zero attached hydrogens (tertiary/aromatic N) is 1. The number of rotatable bonds is 3. The van der Waals surface area contributed by atoms with Gasteiger partial charge in [-0.2, -0.15) is 0 Å². The molecule has 0 unspecified atom stereocenters. The maximum atomic E-state index is 12.3. The van der Waals surface area contributed by atoms with Gasteiger partial charge in [0.15, 0.2) is 5.78 Å². The number of carbonyl (C=O) groups is 2. The third-order valence-corrected chi connectivity index (χ3v) is 3.20. The van der Waals surface area contributed by atoms with Crippen LogP contribution < -0.4 is 5.73 Å². The van der Waals surface area contributed by atoms with Crippen LogP contribution in [-0.2, 0) is 4.74 Å². The zero-order valence-electron chi connectivity index (χ0n) is 12.4. The van der Waals surface area contributed by atoms with Crippen LogP contribution in [0.15, 0.2) is 42.5 Å². The van der Waals surface area contributed by atoms with Gasteiger partial charge in [-0.1, -0.05) is 53.5 Å². The Morgan fingerprint density at radius 1 is 1.17 bits per heavy atom. The summed E-state index contributed by atoms with van der Waals surface area (Å²) in [5.74, 6) is -0.489. The number of carbonyl (C=O) groups excluding carboxylic acids is 2. The summed E-state index contributed by atoms with van der Waals surface area (Å²) in [5.41, 5.74) is 4.22. The summed E-state index contributed by atoms with van der Waals surface area (Å²) in [5, 5.41) is 11.0. The molecule has 0 saturated carbocycles. The molecule has 1 amide bonds. The average molecular weight is 371 g/mol. The van der Waals surface area contributed by atoms with E-state index in [4.69, 9.17) is 23.2 Å². The van der Waals surface area contributed by atoms with Crippen molar-refractivity contribution in [2.45, 2.75) is 0 Å². The number of methoxy groups -OCH3 is 1. The molecular weight excluding hydrogens is 359 g/mol. The molecule has 0 radical (unpaired) electrons. The lowest BCUT2D eigenvalue weighted by Gasteiger charge is -2.05. The standard InChI is InChI=1S/C13H7Cl2NO3.C2H5NO2/c14-9-6-10(12(16(18)19)11(15)7-9)13(17)8-4-2-1-3-5-8;1-5-2(3)4/h1-7H;1H3,(H2,3,4). The first-order valence-corrected chi connectivity index (χ1v) is 7.10. The minimum atomic E-state index is -0.745. The van der Waals surface area contributed by atoms with Crippen molar-refractivity contribution < 1.29 is 19.2 Å². The highest BCUT2D eigenvalue weighted by Crippen LogP contribution is 2.33. The number of ketones is 1. The van der Waals surface area contributed by atoms with Crippen molar-refractivity contribution >= 4 is 40.8 Å². The fourth-order valence-corrected chi connectivity index (χ4v) is 2.23. The van der Waals surface area contributed by atoms with E-state index in [0.29, 0.717) is 5.56 Å². The maximum Gasteiger partial charge on any atom is 0.404 e. The molecule has 0 bridgehead atoms. The van der Waals surface area contributed by atoms with Crippen LogP contribution in [0.2, 0.25) is 10.0 Å². The lowest BCUT2D eigenvalue weighted by molar-refractivity contribution is -0.385. The van der Waals surface area contributed by atoms with E-state index in [1.165, 1.54) is 19.2 Å². The number of hydrogen-bond acceptors (Lipinski definition) is 5. The van der Waals surface area contributed by atoms with E-state index in [-0.39, 0.29) is 15.6 Å². The molecule has 0 aliphatic heterocycles. The second-order valence-electron chi connectivity index (χ2n) is 4.26. The highest BCUT2D eigenvalue weighted by atomic mass is 35.5.